The van der Waals surface area contributed by atoms with E-state index in [9.17, 15) is 13.2 Å². The lowest BCUT2D eigenvalue weighted by atomic mass is 10.0. The topological polar surface area (TPSA) is 51.8 Å². The highest BCUT2D eigenvalue weighted by Gasteiger charge is 2.35. The first-order chi connectivity index (χ1) is 9.40. The summed E-state index contributed by atoms with van der Waals surface area (Å²) in [7, 11) is 0. The molecule has 0 unspecified atom stereocenters. The van der Waals surface area contributed by atoms with Crippen molar-refractivity contribution in [2.45, 2.75) is 25.9 Å². The van der Waals surface area contributed by atoms with Gasteiger partial charge in [0, 0.05) is 11.6 Å². The van der Waals surface area contributed by atoms with Gasteiger partial charge in [-0.1, -0.05) is 31.5 Å². The fourth-order valence-corrected chi connectivity index (χ4v) is 1.92. The van der Waals surface area contributed by atoms with Crippen molar-refractivity contribution >= 4 is 5.82 Å². The van der Waals surface area contributed by atoms with Gasteiger partial charge >= 0.3 is 6.18 Å². The van der Waals surface area contributed by atoms with Gasteiger partial charge in [-0.3, -0.25) is 0 Å². The molecule has 1 aromatic heterocycles. The molecule has 1 aromatic carbocycles. The molecule has 0 saturated carbocycles. The molecule has 0 fully saturated rings. The number of aromatic nitrogens is 2. The summed E-state index contributed by atoms with van der Waals surface area (Å²) in [6.45, 7) is 2.04. The molecule has 0 spiro atoms. The lowest BCUT2D eigenvalue weighted by Crippen LogP contribution is -2.13. The molecule has 0 aliphatic carbocycles. The Kier molecular flexibility index (Phi) is 3.92. The molecule has 2 rings (SSSR count). The number of halogens is 3. The van der Waals surface area contributed by atoms with Crippen LogP contribution >= 0.6 is 0 Å². The summed E-state index contributed by atoms with van der Waals surface area (Å²) in [4.78, 5) is 6.79. The van der Waals surface area contributed by atoms with Crippen molar-refractivity contribution in [3.8, 4) is 11.3 Å². The van der Waals surface area contributed by atoms with E-state index in [4.69, 9.17) is 5.73 Å². The Morgan fingerprint density at radius 2 is 1.90 bits per heavy atom. The zero-order valence-electron chi connectivity index (χ0n) is 10.9. The van der Waals surface area contributed by atoms with Crippen LogP contribution in [0.3, 0.4) is 0 Å². The highest BCUT2D eigenvalue weighted by molar-refractivity contribution is 5.62. The van der Waals surface area contributed by atoms with Crippen LogP contribution in [0, 0.1) is 0 Å². The molecule has 2 N–H and O–H groups in total. The second-order valence-electron chi connectivity index (χ2n) is 4.45. The van der Waals surface area contributed by atoms with Gasteiger partial charge in [-0.25, -0.2) is 9.97 Å². The van der Waals surface area contributed by atoms with E-state index in [1.165, 1.54) is 6.07 Å². The van der Waals surface area contributed by atoms with Crippen molar-refractivity contribution in [1.82, 2.24) is 9.97 Å². The second kappa shape index (κ2) is 5.48. The van der Waals surface area contributed by atoms with E-state index in [-0.39, 0.29) is 11.5 Å². The highest BCUT2D eigenvalue weighted by atomic mass is 19.4. The summed E-state index contributed by atoms with van der Waals surface area (Å²) in [5, 5.41) is 0. The van der Waals surface area contributed by atoms with Crippen LogP contribution in [0.5, 0.6) is 0 Å². The van der Waals surface area contributed by atoms with Crippen molar-refractivity contribution in [3.63, 3.8) is 0 Å². The molecule has 0 radical (unpaired) electrons. The monoisotopic (exact) mass is 281 g/mol. The lowest BCUT2D eigenvalue weighted by Gasteiger charge is -2.09. The Bertz CT molecular complexity index is 609. The van der Waals surface area contributed by atoms with Gasteiger partial charge in [0.1, 0.15) is 5.82 Å². The number of benzene rings is 1. The number of hydrogen-bond acceptors (Lipinski definition) is 3. The number of aryl methyl sites for hydroxylation is 1. The first kappa shape index (κ1) is 14.3. The summed E-state index contributed by atoms with van der Waals surface area (Å²) >= 11 is 0. The van der Waals surface area contributed by atoms with E-state index in [0.717, 1.165) is 18.4 Å². The van der Waals surface area contributed by atoms with Gasteiger partial charge in [-0.15, -0.1) is 0 Å². The SMILES string of the molecule is CCCc1cccc(-c2cc(N)nc(C(F)(F)F)n2)c1. The first-order valence-electron chi connectivity index (χ1n) is 6.21. The molecule has 106 valence electrons. The van der Waals surface area contributed by atoms with E-state index in [1.807, 2.05) is 19.1 Å². The van der Waals surface area contributed by atoms with Crippen molar-refractivity contribution in [2.75, 3.05) is 5.73 Å². The standard InChI is InChI=1S/C14H14F3N3/c1-2-4-9-5-3-6-10(7-9)11-8-12(18)20-13(19-11)14(15,16)17/h3,5-8H,2,4H2,1H3,(H2,18,19,20). The summed E-state index contributed by atoms with van der Waals surface area (Å²) < 4.78 is 38.0. The lowest BCUT2D eigenvalue weighted by molar-refractivity contribution is -0.144. The molecular formula is C14H14F3N3. The molecule has 1 heterocycles. The molecule has 20 heavy (non-hydrogen) atoms. The van der Waals surface area contributed by atoms with E-state index in [1.54, 1.807) is 12.1 Å². The Balaban J connectivity index is 2.47. The maximum absolute atomic E-state index is 12.7. The Morgan fingerprint density at radius 3 is 2.55 bits per heavy atom. The number of alkyl halides is 3. The van der Waals surface area contributed by atoms with Crippen LogP contribution in [0.25, 0.3) is 11.3 Å². The van der Waals surface area contributed by atoms with Crippen LogP contribution in [-0.4, -0.2) is 9.97 Å². The van der Waals surface area contributed by atoms with Crippen LogP contribution in [0.2, 0.25) is 0 Å². The Labute approximate surface area is 114 Å². The normalized spacial score (nSPS) is 11.6. The molecule has 0 amide bonds. The third kappa shape index (κ3) is 3.26. The number of nitrogens with two attached hydrogens (primary N) is 1. The second-order valence-corrected chi connectivity index (χ2v) is 4.45. The van der Waals surface area contributed by atoms with Gasteiger partial charge in [0.25, 0.3) is 0 Å². The average molecular weight is 281 g/mol. The van der Waals surface area contributed by atoms with Crippen LogP contribution in [0.1, 0.15) is 24.7 Å². The van der Waals surface area contributed by atoms with Crippen molar-refractivity contribution in [2.24, 2.45) is 0 Å². The minimum atomic E-state index is -4.61. The van der Waals surface area contributed by atoms with Gasteiger partial charge in [0.15, 0.2) is 0 Å². The largest absolute Gasteiger partial charge is 0.451 e. The smallest absolute Gasteiger partial charge is 0.384 e. The van der Waals surface area contributed by atoms with E-state index in [2.05, 4.69) is 9.97 Å². The molecule has 3 nitrogen and oxygen atoms in total. The van der Waals surface area contributed by atoms with Gasteiger partial charge in [0.05, 0.1) is 5.69 Å². The maximum atomic E-state index is 12.7. The average Bonchev–Trinajstić information content (AvgIpc) is 2.38. The molecule has 0 aliphatic rings. The van der Waals surface area contributed by atoms with Crippen LogP contribution in [0.15, 0.2) is 30.3 Å². The number of hydrogen-bond donors (Lipinski definition) is 1. The minimum absolute atomic E-state index is 0.183. The number of anilines is 1. The highest BCUT2D eigenvalue weighted by Crippen LogP contribution is 2.29. The molecule has 0 atom stereocenters. The van der Waals surface area contributed by atoms with Gasteiger partial charge in [-0.2, -0.15) is 13.2 Å². The zero-order valence-corrected chi connectivity index (χ0v) is 10.9. The molecule has 0 bridgehead atoms. The number of rotatable bonds is 3. The summed E-state index contributed by atoms with van der Waals surface area (Å²) in [6, 6.07) is 8.61. The number of nitrogens with zero attached hydrogens (tertiary/aromatic N) is 2. The van der Waals surface area contributed by atoms with Crippen molar-refractivity contribution in [3.05, 3.63) is 41.7 Å². The zero-order chi connectivity index (χ0) is 14.8. The molecule has 0 saturated heterocycles. The van der Waals surface area contributed by atoms with Crippen molar-refractivity contribution < 1.29 is 13.2 Å². The van der Waals surface area contributed by atoms with Crippen LogP contribution in [-0.2, 0) is 12.6 Å². The van der Waals surface area contributed by atoms with Crippen LogP contribution < -0.4 is 5.73 Å². The summed E-state index contributed by atoms with van der Waals surface area (Å²) in [6.07, 6.45) is -2.78. The van der Waals surface area contributed by atoms with Crippen LogP contribution in [0.4, 0.5) is 19.0 Å². The fourth-order valence-electron chi connectivity index (χ4n) is 1.92. The predicted octanol–water partition coefficient (Wildman–Crippen LogP) is 3.70. The van der Waals surface area contributed by atoms with Gasteiger partial charge in [-0.05, 0) is 18.1 Å². The quantitative estimate of drug-likeness (QED) is 0.933. The van der Waals surface area contributed by atoms with Crippen molar-refractivity contribution in [1.29, 1.82) is 0 Å². The third-order valence-corrected chi connectivity index (χ3v) is 2.76. The first-order valence-corrected chi connectivity index (χ1v) is 6.21. The fraction of sp³-hybridized carbons (Fsp3) is 0.286. The Morgan fingerprint density at radius 1 is 1.15 bits per heavy atom. The summed E-state index contributed by atoms with van der Waals surface area (Å²) in [5.74, 6) is -1.41. The maximum Gasteiger partial charge on any atom is 0.451 e. The summed E-state index contributed by atoms with van der Waals surface area (Å²) in [5.41, 5.74) is 7.28. The number of nitrogen functional groups attached to an aromatic ring is 1. The van der Waals surface area contributed by atoms with E-state index < -0.39 is 12.0 Å². The molecule has 2 aromatic rings. The van der Waals surface area contributed by atoms with Gasteiger partial charge in [0.2, 0.25) is 5.82 Å². The minimum Gasteiger partial charge on any atom is -0.384 e. The van der Waals surface area contributed by atoms with E-state index >= 15 is 0 Å². The molecule has 6 heteroatoms. The Hall–Kier alpha value is -2.11. The molecule has 0 aliphatic heterocycles. The molecular weight excluding hydrogens is 267 g/mol. The van der Waals surface area contributed by atoms with Gasteiger partial charge < -0.3 is 5.73 Å². The predicted molar refractivity (Wildman–Crippen MR) is 70.9 cm³/mol. The van der Waals surface area contributed by atoms with E-state index in [0.29, 0.717) is 5.56 Å². The third-order valence-electron chi connectivity index (χ3n) is 2.76.